The van der Waals surface area contributed by atoms with Crippen molar-refractivity contribution in [3.63, 3.8) is 0 Å². The second kappa shape index (κ2) is 7.75. The summed E-state index contributed by atoms with van der Waals surface area (Å²) in [6.07, 6.45) is 1.82. The Morgan fingerprint density at radius 3 is 1.68 bits per heavy atom. The van der Waals surface area contributed by atoms with Crippen LogP contribution in [-0.2, 0) is 4.57 Å². The van der Waals surface area contributed by atoms with Crippen LogP contribution in [0.15, 0.2) is 48.5 Å². The van der Waals surface area contributed by atoms with E-state index in [4.69, 9.17) is 4.52 Å². The van der Waals surface area contributed by atoms with Gasteiger partial charge in [0, 0.05) is 26.2 Å². The molecule has 2 saturated heterocycles. The standard InChI is InChI=1S/C22H27N2O3P/c1-3-21(17-5-9-19(25)10-6-17)22(4-2)18-7-11-20(12-8-18)27-28(26,23-13-14-23)24-15-16-24/h5-12,25H,3-4,13-16H2,1-2H3/b22-21-. The van der Waals surface area contributed by atoms with Crippen LogP contribution < -0.4 is 4.52 Å². The average Bonchev–Trinajstić information content (AvgIpc) is 3.59. The molecule has 2 fully saturated rings. The van der Waals surface area contributed by atoms with Gasteiger partial charge >= 0.3 is 7.67 Å². The van der Waals surface area contributed by atoms with Crippen LogP contribution in [0.1, 0.15) is 37.8 Å². The van der Waals surface area contributed by atoms with Gasteiger partial charge in [0.05, 0.1) is 0 Å². The van der Waals surface area contributed by atoms with Gasteiger partial charge in [-0.25, -0.2) is 13.9 Å². The average molecular weight is 398 g/mol. The summed E-state index contributed by atoms with van der Waals surface area (Å²) in [5.41, 5.74) is 4.83. The molecule has 0 radical (unpaired) electrons. The third kappa shape index (κ3) is 3.88. The maximum Gasteiger partial charge on any atom is 0.395 e. The first kappa shape index (κ1) is 19.3. The molecule has 28 heavy (non-hydrogen) atoms. The minimum Gasteiger partial charge on any atom is -0.508 e. The minimum absolute atomic E-state index is 0.279. The molecule has 0 aliphatic carbocycles. The van der Waals surface area contributed by atoms with Crippen LogP contribution in [0.2, 0.25) is 0 Å². The zero-order valence-corrected chi connectivity index (χ0v) is 17.4. The van der Waals surface area contributed by atoms with Crippen molar-refractivity contribution in [3.05, 3.63) is 59.7 Å². The molecule has 2 aromatic carbocycles. The molecule has 0 bridgehead atoms. The van der Waals surface area contributed by atoms with E-state index in [2.05, 4.69) is 26.0 Å². The first-order valence-electron chi connectivity index (χ1n) is 9.97. The summed E-state index contributed by atoms with van der Waals surface area (Å²) in [6, 6.07) is 15.3. The predicted octanol–water partition coefficient (Wildman–Crippen LogP) is 5.24. The van der Waals surface area contributed by atoms with Crippen molar-refractivity contribution >= 4 is 18.8 Å². The molecule has 0 unspecified atom stereocenters. The van der Waals surface area contributed by atoms with Crippen LogP contribution >= 0.6 is 7.67 Å². The highest BCUT2D eigenvalue weighted by atomic mass is 31.2. The Hall–Kier alpha value is -2.07. The molecular weight excluding hydrogens is 371 g/mol. The smallest absolute Gasteiger partial charge is 0.395 e. The Morgan fingerprint density at radius 1 is 0.857 bits per heavy atom. The van der Waals surface area contributed by atoms with E-state index in [0.29, 0.717) is 5.75 Å². The summed E-state index contributed by atoms with van der Waals surface area (Å²) in [5.74, 6) is 0.935. The lowest BCUT2D eigenvalue weighted by molar-refractivity contribution is 0.410. The van der Waals surface area contributed by atoms with Crippen LogP contribution in [0.5, 0.6) is 11.5 Å². The summed E-state index contributed by atoms with van der Waals surface area (Å²) in [4.78, 5) is 0. The molecule has 0 aromatic heterocycles. The zero-order chi connectivity index (χ0) is 19.7. The number of nitrogens with zero attached hydrogens (tertiary/aromatic N) is 2. The van der Waals surface area contributed by atoms with E-state index in [1.54, 1.807) is 12.1 Å². The number of phenolic OH excluding ortho intramolecular Hbond substituents is 1. The molecule has 0 saturated carbocycles. The fourth-order valence-corrected chi connectivity index (χ4v) is 5.76. The van der Waals surface area contributed by atoms with Crippen molar-refractivity contribution in [1.82, 2.24) is 9.34 Å². The van der Waals surface area contributed by atoms with Crippen molar-refractivity contribution in [1.29, 1.82) is 0 Å². The summed E-state index contributed by atoms with van der Waals surface area (Å²) in [5, 5.41) is 9.57. The maximum atomic E-state index is 13.1. The van der Waals surface area contributed by atoms with Crippen LogP contribution in [0, 0.1) is 0 Å². The molecule has 2 aliphatic heterocycles. The first-order chi connectivity index (χ1) is 13.5. The summed E-state index contributed by atoms with van der Waals surface area (Å²) >= 11 is 0. The second-order valence-corrected chi connectivity index (χ2v) is 9.52. The molecule has 0 spiro atoms. The quantitative estimate of drug-likeness (QED) is 0.374. The third-order valence-electron chi connectivity index (χ3n) is 5.28. The van der Waals surface area contributed by atoms with E-state index < -0.39 is 7.67 Å². The Labute approximate surface area is 166 Å². The molecule has 6 heteroatoms. The van der Waals surface area contributed by atoms with E-state index in [9.17, 15) is 9.67 Å². The number of hydrogen-bond donors (Lipinski definition) is 1. The Bertz CT molecular complexity index is 898. The van der Waals surface area contributed by atoms with Crippen molar-refractivity contribution in [3.8, 4) is 11.5 Å². The fourth-order valence-electron chi connectivity index (χ4n) is 3.59. The van der Waals surface area contributed by atoms with Gasteiger partial charge in [0.15, 0.2) is 0 Å². The minimum atomic E-state index is -2.86. The van der Waals surface area contributed by atoms with Crippen LogP contribution in [-0.4, -0.2) is 40.6 Å². The zero-order valence-electron chi connectivity index (χ0n) is 16.5. The van der Waals surface area contributed by atoms with Crippen LogP contribution in [0.4, 0.5) is 0 Å². The van der Waals surface area contributed by atoms with E-state index in [0.717, 1.165) is 50.1 Å². The van der Waals surface area contributed by atoms with Crippen molar-refractivity contribution in [2.75, 3.05) is 26.2 Å². The van der Waals surface area contributed by atoms with Gasteiger partial charge in [0.2, 0.25) is 0 Å². The van der Waals surface area contributed by atoms with Crippen LogP contribution in [0.3, 0.4) is 0 Å². The number of benzene rings is 2. The van der Waals surface area contributed by atoms with Gasteiger partial charge in [-0.2, -0.15) is 0 Å². The van der Waals surface area contributed by atoms with Gasteiger partial charge in [-0.15, -0.1) is 0 Å². The van der Waals surface area contributed by atoms with Gasteiger partial charge in [0.25, 0.3) is 0 Å². The van der Waals surface area contributed by atoms with Gasteiger partial charge in [-0.3, -0.25) is 0 Å². The number of allylic oxidation sites excluding steroid dienone is 2. The maximum absolute atomic E-state index is 13.1. The highest BCUT2D eigenvalue weighted by Gasteiger charge is 2.50. The molecule has 148 valence electrons. The summed E-state index contributed by atoms with van der Waals surface area (Å²) < 4.78 is 23.0. The normalized spacial score (nSPS) is 17.9. The van der Waals surface area contributed by atoms with Gasteiger partial charge in [-0.1, -0.05) is 38.1 Å². The Morgan fingerprint density at radius 2 is 1.29 bits per heavy atom. The second-order valence-electron chi connectivity index (χ2n) is 7.22. The predicted molar refractivity (Wildman–Crippen MR) is 113 cm³/mol. The molecule has 0 amide bonds. The molecular formula is C22H27N2O3P. The van der Waals surface area contributed by atoms with Crippen LogP contribution in [0.25, 0.3) is 11.1 Å². The molecule has 4 rings (SSSR count). The van der Waals surface area contributed by atoms with Gasteiger partial charge < -0.3 is 9.63 Å². The number of rotatable bonds is 8. The van der Waals surface area contributed by atoms with Crippen molar-refractivity contribution in [2.24, 2.45) is 0 Å². The SMILES string of the molecule is CC/C(=C(\CC)c1ccc(OP(=O)(N2CC2)N2CC2)cc1)c1ccc(O)cc1. The largest absolute Gasteiger partial charge is 0.508 e. The van der Waals surface area contributed by atoms with Crippen molar-refractivity contribution in [2.45, 2.75) is 26.7 Å². The molecule has 2 heterocycles. The first-order valence-corrected chi connectivity index (χ1v) is 11.5. The lowest BCUT2D eigenvalue weighted by atomic mass is 9.91. The number of hydrogen-bond acceptors (Lipinski definition) is 3. The summed E-state index contributed by atoms with van der Waals surface area (Å²) in [6.45, 7) is 7.70. The topological polar surface area (TPSA) is 52.5 Å². The lowest BCUT2D eigenvalue weighted by Gasteiger charge is -2.21. The molecule has 1 N–H and O–H groups in total. The molecule has 2 aromatic rings. The van der Waals surface area contributed by atoms with E-state index in [1.807, 2.05) is 33.6 Å². The lowest BCUT2D eigenvalue weighted by Crippen LogP contribution is -2.10. The number of aromatic hydroxyl groups is 1. The third-order valence-corrected chi connectivity index (χ3v) is 7.95. The monoisotopic (exact) mass is 398 g/mol. The Balaban J connectivity index is 1.60. The van der Waals surface area contributed by atoms with Gasteiger partial charge in [0.1, 0.15) is 11.5 Å². The molecule has 2 aliphatic rings. The van der Waals surface area contributed by atoms with E-state index in [1.165, 1.54) is 11.1 Å². The fraction of sp³-hybridized carbons (Fsp3) is 0.364. The highest BCUT2D eigenvalue weighted by Crippen LogP contribution is 2.60. The van der Waals surface area contributed by atoms with E-state index in [-0.39, 0.29) is 5.75 Å². The summed E-state index contributed by atoms with van der Waals surface area (Å²) in [7, 11) is -2.86. The molecule has 5 nitrogen and oxygen atoms in total. The molecule has 0 atom stereocenters. The van der Waals surface area contributed by atoms with E-state index >= 15 is 0 Å². The Kier molecular flexibility index (Phi) is 5.33. The van der Waals surface area contributed by atoms with Gasteiger partial charge in [-0.05, 0) is 59.4 Å². The van der Waals surface area contributed by atoms with Crippen molar-refractivity contribution < 1.29 is 14.2 Å². The number of phenols is 1. The highest BCUT2D eigenvalue weighted by molar-refractivity contribution is 7.55.